The van der Waals surface area contributed by atoms with Crippen LogP contribution in [-0.2, 0) is 24.4 Å². The van der Waals surface area contributed by atoms with E-state index in [4.69, 9.17) is 0 Å². The number of carbonyl (C=O) groups is 1. The SMILES string of the molecule is C=CCn1c(=O)n(CC=C)c(=O)n(CC(=O)Nc2cccc3ccccc23)c1=O. The van der Waals surface area contributed by atoms with Crippen molar-refractivity contribution in [2.45, 2.75) is 19.6 Å². The summed E-state index contributed by atoms with van der Waals surface area (Å²) in [7, 11) is 0. The number of amides is 1. The molecule has 8 nitrogen and oxygen atoms in total. The zero-order valence-corrected chi connectivity index (χ0v) is 15.7. The number of benzene rings is 2. The number of hydrogen-bond acceptors (Lipinski definition) is 4. The summed E-state index contributed by atoms with van der Waals surface area (Å²) in [5.74, 6) is -0.561. The van der Waals surface area contributed by atoms with Crippen molar-refractivity contribution in [2.24, 2.45) is 0 Å². The molecular weight excluding hydrogens is 372 g/mol. The smallest absolute Gasteiger partial charge is 0.324 e. The molecule has 0 radical (unpaired) electrons. The third-order valence-electron chi connectivity index (χ3n) is 4.37. The number of carbonyl (C=O) groups excluding carboxylic acids is 1. The summed E-state index contributed by atoms with van der Waals surface area (Å²) < 4.78 is 2.43. The van der Waals surface area contributed by atoms with Gasteiger partial charge in [-0.15, -0.1) is 13.2 Å². The van der Waals surface area contributed by atoms with Gasteiger partial charge in [0.1, 0.15) is 6.54 Å². The lowest BCUT2D eigenvalue weighted by Gasteiger charge is -2.13. The predicted molar refractivity (Wildman–Crippen MR) is 112 cm³/mol. The second-order valence-corrected chi connectivity index (χ2v) is 6.31. The molecule has 29 heavy (non-hydrogen) atoms. The molecule has 0 aliphatic rings. The molecule has 2 aromatic carbocycles. The fourth-order valence-corrected chi connectivity index (χ4v) is 3.06. The van der Waals surface area contributed by atoms with E-state index in [0.717, 1.165) is 24.5 Å². The highest BCUT2D eigenvalue weighted by Gasteiger charge is 2.17. The van der Waals surface area contributed by atoms with Crippen LogP contribution in [-0.4, -0.2) is 19.6 Å². The summed E-state index contributed by atoms with van der Waals surface area (Å²) in [4.78, 5) is 50.2. The largest absolute Gasteiger partial charge is 0.337 e. The number of anilines is 1. The number of nitrogens with one attached hydrogen (secondary N) is 1. The summed E-state index contributed by atoms with van der Waals surface area (Å²) in [6, 6.07) is 12.9. The molecule has 8 heteroatoms. The second-order valence-electron chi connectivity index (χ2n) is 6.31. The Hall–Kier alpha value is -3.94. The lowest BCUT2D eigenvalue weighted by molar-refractivity contribution is -0.116. The van der Waals surface area contributed by atoms with Crippen LogP contribution in [0.4, 0.5) is 5.69 Å². The predicted octanol–water partition coefficient (Wildman–Crippen LogP) is 1.34. The molecule has 1 aromatic heterocycles. The number of aromatic nitrogens is 3. The molecule has 0 aliphatic carbocycles. The first-order chi connectivity index (χ1) is 14.0. The van der Waals surface area contributed by atoms with Crippen molar-refractivity contribution < 1.29 is 4.79 Å². The minimum atomic E-state index is -0.867. The van der Waals surface area contributed by atoms with E-state index in [1.165, 1.54) is 12.2 Å². The fourth-order valence-electron chi connectivity index (χ4n) is 3.06. The van der Waals surface area contributed by atoms with E-state index in [2.05, 4.69) is 18.5 Å². The Bertz CT molecular complexity index is 1230. The van der Waals surface area contributed by atoms with Crippen LogP contribution in [0.1, 0.15) is 0 Å². The van der Waals surface area contributed by atoms with E-state index < -0.39 is 29.5 Å². The Balaban J connectivity index is 2.01. The van der Waals surface area contributed by atoms with E-state index >= 15 is 0 Å². The number of allylic oxidation sites excluding steroid dienone is 2. The Labute approximate surface area is 165 Å². The Morgan fingerprint density at radius 3 is 2.00 bits per heavy atom. The monoisotopic (exact) mass is 392 g/mol. The van der Waals surface area contributed by atoms with Gasteiger partial charge >= 0.3 is 17.1 Å². The van der Waals surface area contributed by atoms with Crippen molar-refractivity contribution in [1.29, 1.82) is 0 Å². The molecule has 3 rings (SSSR count). The summed E-state index contributed by atoms with van der Waals surface area (Å²) in [6.45, 7) is 6.34. The zero-order chi connectivity index (χ0) is 21.0. The third-order valence-corrected chi connectivity index (χ3v) is 4.37. The van der Waals surface area contributed by atoms with Gasteiger partial charge in [0.15, 0.2) is 0 Å². The zero-order valence-electron chi connectivity index (χ0n) is 15.7. The lowest BCUT2D eigenvalue weighted by atomic mass is 10.1. The van der Waals surface area contributed by atoms with Crippen LogP contribution in [0.15, 0.2) is 82.2 Å². The average molecular weight is 392 g/mol. The fraction of sp³-hybridized carbons (Fsp3) is 0.143. The van der Waals surface area contributed by atoms with Gasteiger partial charge < -0.3 is 5.32 Å². The Morgan fingerprint density at radius 2 is 1.38 bits per heavy atom. The molecule has 0 saturated heterocycles. The molecule has 0 spiro atoms. The van der Waals surface area contributed by atoms with E-state index in [1.54, 1.807) is 12.1 Å². The van der Waals surface area contributed by atoms with Gasteiger partial charge in [0.25, 0.3) is 0 Å². The van der Waals surface area contributed by atoms with Gasteiger partial charge in [-0.2, -0.15) is 0 Å². The van der Waals surface area contributed by atoms with Gasteiger partial charge in [-0.3, -0.25) is 4.79 Å². The van der Waals surface area contributed by atoms with Crippen LogP contribution in [0.25, 0.3) is 10.8 Å². The van der Waals surface area contributed by atoms with Crippen LogP contribution >= 0.6 is 0 Å². The van der Waals surface area contributed by atoms with E-state index in [1.807, 2.05) is 30.3 Å². The summed E-state index contributed by atoms with van der Waals surface area (Å²) in [5.41, 5.74) is -1.95. The van der Waals surface area contributed by atoms with Crippen molar-refractivity contribution in [3.8, 4) is 0 Å². The molecule has 3 aromatic rings. The number of nitrogens with zero attached hydrogens (tertiary/aromatic N) is 3. The summed E-state index contributed by atoms with van der Waals surface area (Å²) >= 11 is 0. The third kappa shape index (κ3) is 3.86. The maximum atomic E-state index is 12.6. The highest BCUT2D eigenvalue weighted by Crippen LogP contribution is 2.22. The van der Waals surface area contributed by atoms with E-state index in [0.29, 0.717) is 5.69 Å². The molecule has 0 fully saturated rings. The molecule has 1 amide bonds. The normalized spacial score (nSPS) is 10.6. The molecule has 0 bridgehead atoms. The molecule has 0 saturated carbocycles. The molecular formula is C21H20N4O4. The van der Waals surface area contributed by atoms with Gasteiger partial charge in [-0.05, 0) is 11.5 Å². The highest BCUT2D eigenvalue weighted by atomic mass is 16.2. The molecule has 1 N–H and O–H groups in total. The highest BCUT2D eigenvalue weighted by molar-refractivity contribution is 6.01. The Kier molecular flexibility index (Phi) is 5.73. The first-order valence-electron chi connectivity index (χ1n) is 8.91. The van der Waals surface area contributed by atoms with Gasteiger partial charge in [0.05, 0.1) is 13.1 Å². The summed E-state index contributed by atoms with van der Waals surface area (Å²) in [6.07, 6.45) is 2.73. The van der Waals surface area contributed by atoms with Crippen LogP contribution in [0, 0.1) is 0 Å². The topological polar surface area (TPSA) is 95.1 Å². The van der Waals surface area contributed by atoms with Gasteiger partial charge in [-0.25, -0.2) is 28.1 Å². The quantitative estimate of drug-likeness (QED) is 0.614. The van der Waals surface area contributed by atoms with Crippen LogP contribution in [0.2, 0.25) is 0 Å². The first kappa shape index (κ1) is 19.8. The van der Waals surface area contributed by atoms with Crippen LogP contribution in [0.5, 0.6) is 0 Å². The lowest BCUT2D eigenvalue weighted by Crippen LogP contribution is -2.55. The maximum Gasteiger partial charge on any atom is 0.337 e. The number of rotatable bonds is 7. The molecule has 0 unspecified atom stereocenters. The van der Waals surface area contributed by atoms with E-state index in [-0.39, 0.29) is 13.1 Å². The van der Waals surface area contributed by atoms with Gasteiger partial charge in [-0.1, -0.05) is 48.6 Å². The van der Waals surface area contributed by atoms with E-state index in [9.17, 15) is 19.2 Å². The van der Waals surface area contributed by atoms with Gasteiger partial charge in [0, 0.05) is 11.1 Å². The van der Waals surface area contributed by atoms with Crippen molar-refractivity contribution in [3.63, 3.8) is 0 Å². The minimum Gasteiger partial charge on any atom is -0.324 e. The average Bonchev–Trinajstić information content (AvgIpc) is 2.72. The van der Waals surface area contributed by atoms with Crippen molar-refractivity contribution >= 4 is 22.4 Å². The molecule has 0 atom stereocenters. The Morgan fingerprint density at radius 1 is 0.828 bits per heavy atom. The molecule has 0 aliphatic heterocycles. The van der Waals surface area contributed by atoms with Gasteiger partial charge in [0.2, 0.25) is 5.91 Å². The van der Waals surface area contributed by atoms with Crippen molar-refractivity contribution in [3.05, 3.63) is 99.2 Å². The van der Waals surface area contributed by atoms with Crippen molar-refractivity contribution in [1.82, 2.24) is 13.7 Å². The number of hydrogen-bond donors (Lipinski definition) is 1. The van der Waals surface area contributed by atoms with Crippen molar-refractivity contribution in [2.75, 3.05) is 5.32 Å². The van der Waals surface area contributed by atoms with Crippen LogP contribution in [0.3, 0.4) is 0 Å². The molecule has 1 heterocycles. The molecule has 148 valence electrons. The standard InChI is InChI=1S/C21H20N4O4/c1-3-12-23-19(27)24(13-4-2)21(29)25(20(23)28)14-18(26)22-17-11-7-9-15-8-5-6-10-16(15)17/h3-11H,1-2,12-14H2,(H,22,26). The van der Waals surface area contributed by atoms with Crippen LogP contribution < -0.4 is 22.4 Å². The number of fused-ring (bicyclic) bond motifs is 1. The minimum absolute atomic E-state index is 0.0833. The second kappa shape index (κ2) is 8.39. The summed E-state index contributed by atoms with van der Waals surface area (Å²) in [5, 5.41) is 4.50. The maximum absolute atomic E-state index is 12.6. The first-order valence-corrected chi connectivity index (χ1v) is 8.91.